The summed E-state index contributed by atoms with van der Waals surface area (Å²) in [6.45, 7) is 6.89. The van der Waals surface area contributed by atoms with E-state index < -0.39 is 0 Å². The number of rotatable bonds is 5. The van der Waals surface area contributed by atoms with Crippen LogP contribution in [-0.4, -0.2) is 11.6 Å². The molecule has 3 rings (SSSR count). The fourth-order valence-corrected chi connectivity index (χ4v) is 2.78. The molecule has 2 heterocycles. The SMILES string of the molecule is Cc1nccc2c1c(=O)oc1cc(OCCCC(C)C)ccc12. The lowest BCUT2D eigenvalue weighted by molar-refractivity contribution is 0.297. The summed E-state index contributed by atoms with van der Waals surface area (Å²) in [6, 6.07) is 7.51. The Bertz CT molecular complexity index is 896. The fraction of sp³-hybridized carbons (Fsp3) is 0.368. The second-order valence-corrected chi connectivity index (χ2v) is 6.25. The molecule has 0 aliphatic rings. The number of aromatic nitrogens is 1. The van der Waals surface area contributed by atoms with Gasteiger partial charge in [0, 0.05) is 23.0 Å². The highest BCUT2D eigenvalue weighted by Gasteiger charge is 2.10. The number of nitrogens with zero attached hydrogens (tertiary/aromatic N) is 1. The summed E-state index contributed by atoms with van der Waals surface area (Å²) in [5.41, 5.74) is 0.886. The normalized spacial score (nSPS) is 11.5. The number of hydrogen-bond donors (Lipinski definition) is 0. The van der Waals surface area contributed by atoms with Crippen molar-refractivity contribution in [2.75, 3.05) is 6.61 Å². The molecule has 23 heavy (non-hydrogen) atoms. The molecule has 0 N–H and O–H groups in total. The van der Waals surface area contributed by atoms with Gasteiger partial charge in [0.2, 0.25) is 0 Å². The monoisotopic (exact) mass is 311 g/mol. The summed E-state index contributed by atoms with van der Waals surface area (Å²) in [6.07, 6.45) is 3.87. The Morgan fingerprint density at radius 3 is 2.83 bits per heavy atom. The first-order valence-electron chi connectivity index (χ1n) is 8.01. The predicted molar refractivity (Wildman–Crippen MR) is 92.1 cm³/mol. The highest BCUT2D eigenvalue weighted by atomic mass is 16.5. The van der Waals surface area contributed by atoms with Crippen LogP contribution in [0.4, 0.5) is 0 Å². The van der Waals surface area contributed by atoms with Gasteiger partial charge >= 0.3 is 5.63 Å². The summed E-state index contributed by atoms with van der Waals surface area (Å²) in [5.74, 6) is 1.41. The van der Waals surface area contributed by atoms with E-state index in [2.05, 4.69) is 18.8 Å². The van der Waals surface area contributed by atoms with Crippen molar-refractivity contribution in [3.8, 4) is 5.75 Å². The van der Waals surface area contributed by atoms with Crippen molar-refractivity contribution in [3.63, 3.8) is 0 Å². The third kappa shape index (κ3) is 3.21. The van der Waals surface area contributed by atoms with E-state index in [-0.39, 0.29) is 5.63 Å². The molecule has 0 aliphatic heterocycles. The molecule has 2 aromatic heterocycles. The molecule has 0 saturated heterocycles. The highest BCUT2D eigenvalue weighted by Crippen LogP contribution is 2.27. The van der Waals surface area contributed by atoms with E-state index in [0.29, 0.717) is 29.2 Å². The largest absolute Gasteiger partial charge is 0.493 e. The van der Waals surface area contributed by atoms with E-state index >= 15 is 0 Å². The smallest absolute Gasteiger partial charge is 0.346 e. The van der Waals surface area contributed by atoms with Crippen molar-refractivity contribution in [1.82, 2.24) is 4.98 Å². The first-order valence-corrected chi connectivity index (χ1v) is 8.01. The molecule has 120 valence electrons. The van der Waals surface area contributed by atoms with Crippen LogP contribution < -0.4 is 10.4 Å². The molecule has 0 aliphatic carbocycles. The van der Waals surface area contributed by atoms with Crippen LogP contribution in [0.2, 0.25) is 0 Å². The van der Waals surface area contributed by atoms with Crippen molar-refractivity contribution < 1.29 is 9.15 Å². The van der Waals surface area contributed by atoms with Crippen LogP contribution in [0.25, 0.3) is 21.7 Å². The lowest BCUT2D eigenvalue weighted by Gasteiger charge is -2.09. The van der Waals surface area contributed by atoms with Gasteiger partial charge in [0.25, 0.3) is 0 Å². The summed E-state index contributed by atoms with van der Waals surface area (Å²) in [5, 5.41) is 2.32. The number of hydrogen-bond acceptors (Lipinski definition) is 4. The average Bonchev–Trinajstić information content (AvgIpc) is 2.51. The molecule has 0 amide bonds. The van der Waals surface area contributed by atoms with Crippen LogP contribution in [0, 0.1) is 12.8 Å². The number of benzene rings is 1. The van der Waals surface area contributed by atoms with Crippen molar-refractivity contribution in [3.05, 3.63) is 46.6 Å². The second kappa shape index (κ2) is 6.41. The van der Waals surface area contributed by atoms with Gasteiger partial charge in [-0.1, -0.05) is 13.8 Å². The molecule has 4 heteroatoms. The van der Waals surface area contributed by atoms with Gasteiger partial charge in [-0.3, -0.25) is 4.98 Å². The van der Waals surface area contributed by atoms with E-state index in [9.17, 15) is 4.79 Å². The third-order valence-corrected chi connectivity index (χ3v) is 3.99. The lowest BCUT2D eigenvalue weighted by atomic mass is 10.1. The third-order valence-electron chi connectivity index (χ3n) is 3.99. The molecule has 3 aromatic rings. The molecular formula is C19H21NO3. The summed E-state index contributed by atoms with van der Waals surface area (Å²) in [4.78, 5) is 16.4. The standard InChI is InChI=1S/C19H21NO3/c1-12(2)5-4-10-22-14-6-7-15-16-8-9-20-13(3)18(16)19(21)23-17(15)11-14/h6-9,11-12H,4-5,10H2,1-3H3. The van der Waals surface area contributed by atoms with E-state index in [1.807, 2.05) is 25.1 Å². The Morgan fingerprint density at radius 1 is 1.22 bits per heavy atom. The Kier molecular flexibility index (Phi) is 4.33. The predicted octanol–water partition coefficient (Wildman–Crippen LogP) is 4.46. The van der Waals surface area contributed by atoms with Crippen LogP contribution in [0.1, 0.15) is 32.4 Å². The average molecular weight is 311 g/mol. The fourth-order valence-electron chi connectivity index (χ4n) is 2.78. The highest BCUT2D eigenvalue weighted by molar-refractivity contribution is 6.05. The topological polar surface area (TPSA) is 52.3 Å². The van der Waals surface area contributed by atoms with Gasteiger partial charge in [0.15, 0.2) is 0 Å². The Morgan fingerprint density at radius 2 is 2.04 bits per heavy atom. The van der Waals surface area contributed by atoms with Crippen LogP contribution in [-0.2, 0) is 0 Å². The van der Waals surface area contributed by atoms with E-state index in [1.165, 1.54) is 0 Å². The van der Waals surface area contributed by atoms with Crippen molar-refractivity contribution in [1.29, 1.82) is 0 Å². The first kappa shape index (κ1) is 15.5. The van der Waals surface area contributed by atoms with Crippen molar-refractivity contribution in [2.45, 2.75) is 33.6 Å². The number of ether oxygens (including phenoxy) is 1. The minimum atomic E-state index is -0.352. The number of fused-ring (bicyclic) bond motifs is 3. The van der Waals surface area contributed by atoms with Gasteiger partial charge in [-0.15, -0.1) is 0 Å². The Hall–Kier alpha value is -2.36. The molecule has 0 fully saturated rings. The second-order valence-electron chi connectivity index (χ2n) is 6.25. The van der Waals surface area contributed by atoms with Gasteiger partial charge in [-0.2, -0.15) is 0 Å². The van der Waals surface area contributed by atoms with Gasteiger partial charge in [0.05, 0.1) is 17.7 Å². The van der Waals surface area contributed by atoms with Gasteiger partial charge in [-0.25, -0.2) is 4.79 Å². The quantitative estimate of drug-likeness (QED) is 0.396. The molecule has 1 aromatic carbocycles. The van der Waals surface area contributed by atoms with E-state index in [1.54, 1.807) is 12.3 Å². The zero-order chi connectivity index (χ0) is 16.4. The van der Waals surface area contributed by atoms with Gasteiger partial charge in [-0.05, 0) is 43.9 Å². The van der Waals surface area contributed by atoms with Crippen LogP contribution in [0.15, 0.2) is 39.7 Å². The Balaban J connectivity index is 1.95. The molecular weight excluding hydrogens is 290 g/mol. The van der Waals surface area contributed by atoms with Gasteiger partial charge in [0.1, 0.15) is 11.3 Å². The maximum atomic E-state index is 12.2. The lowest BCUT2D eigenvalue weighted by Crippen LogP contribution is -2.03. The van der Waals surface area contributed by atoms with Crippen LogP contribution in [0.5, 0.6) is 5.75 Å². The summed E-state index contributed by atoms with van der Waals surface area (Å²) >= 11 is 0. The van der Waals surface area contributed by atoms with Crippen molar-refractivity contribution in [2.24, 2.45) is 5.92 Å². The number of aryl methyl sites for hydroxylation is 1. The summed E-state index contributed by atoms with van der Waals surface area (Å²) in [7, 11) is 0. The zero-order valence-corrected chi connectivity index (χ0v) is 13.8. The molecule has 0 spiro atoms. The molecule has 0 bridgehead atoms. The van der Waals surface area contributed by atoms with Crippen molar-refractivity contribution >= 4 is 21.7 Å². The molecule has 0 radical (unpaired) electrons. The molecule has 0 saturated carbocycles. The van der Waals surface area contributed by atoms with Crippen LogP contribution >= 0.6 is 0 Å². The van der Waals surface area contributed by atoms with Gasteiger partial charge < -0.3 is 9.15 Å². The molecule has 0 atom stereocenters. The molecule has 0 unspecified atom stereocenters. The Labute approximate surface area is 135 Å². The zero-order valence-electron chi connectivity index (χ0n) is 13.8. The van der Waals surface area contributed by atoms with Crippen LogP contribution in [0.3, 0.4) is 0 Å². The minimum absolute atomic E-state index is 0.352. The maximum Gasteiger partial charge on any atom is 0.346 e. The number of pyridine rings is 1. The molecule has 4 nitrogen and oxygen atoms in total. The van der Waals surface area contributed by atoms with E-state index in [4.69, 9.17) is 9.15 Å². The maximum absolute atomic E-state index is 12.2. The summed E-state index contributed by atoms with van der Waals surface area (Å²) < 4.78 is 11.2. The first-order chi connectivity index (χ1) is 11.1. The minimum Gasteiger partial charge on any atom is -0.493 e. The van der Waals surface area contributed by atoms with E-state index in [0.717, 1.165) is 29.4 Å².